The molecule has 0 saturated carbocycles. The molecule has 0 bridgehead atoms. The first-order valence-electron chi connectivity index (χ1n) is 4.71. The van der Waals surface area contributed by atoms with E-state index in [0.29, 0.717) is 0 Å². The number of hydrogen-bond acceptors (Lipinski definition) is 1. The summed E-state index contributed by atoms with van der Waals surface area (Å²) in [6.07, 6.45) is 0. The quantitative estimate of drug-likeness (QED) is 0.678. The molecule has 0 amide bonds. The highest BCUT2D eigenvalue weighted by Crippen LogP contribution is 2.57. The van der Waals surface area contributed by atoms with Gasteiger partial charge in [0.1, 0.15) is 7.14 Å². The molecule has 0 radical (unpaired) electrons. The molecule has 0 unspecified atom stereocenters. The largest absolute Gasteiger partial charge is 0.314 e. The summed E-state index contributed by atoms with van der Waals surface area (Å²) in [5.74, 6) is 1.61. The summed E-state index contributed by atoms with van der Waals surface area (Å²) in [4.78, 5) is 0. The molecule has 0 aliphatic rings. The smallest absolute Gasteiger partial charge is 0.140 e. The molecule has 2 heteroatoms. The molecule has 1 nitrogen and oxygen atoms in total. The molecule has 0 saturated heterocycles. The Kier molecular flexibility index (Phi) is 3.01. The van der Waals surface area contributed by atoms with Crippen LogP contribution in [-0.2, 0) is 4.57 Å². The molecular weight excluding hydrogens is 191 g/mol. The Morgan fingerprint density at radius 1 is 1.21 bits per heavy atom. The van der Waals surface area contributed by atoms with Crippen molar-refractivity contribution in [3.63, 3.8) is 0 Å². The lowest BCUT2D eigenvalue weighted by atomic mass is 10.3. The lowest BCUT2D eigenvalue weighted by molar-refractivity contribution is 0.563. The predicted octanol–water partition coefficient (Wildman–Crippen LogP) is 3.62. The highest BCUT2D eigenvalue weighted by Gasteiger charge is 2.34. The van der Waals surface area contributed by atoms with E-state index in [1.54, 1.807) is 5.82 Å². The van der Waals surface area contributed by atoms with Gasteiger partial charge in [-0.1, -0.05) is 57.7 Å². The van der Waals surface area contributed by atoms with Crippen molar-refractivity contribution in [1.82, 2.24) is 0 Å². The van der Waals surface area contributed by atoms with Gasteiger partial charge in [0.15, 0.2) is 0 Å². The third-order valence-corrected chi connectivity index (χ3v) is 5.97. The second kappa shape index (κ2) is 3.74. The first kappa shape index (κ1) is 11.3. The Hall–Kier alpha value is -0.810. The van der Waals surface area contributed by atoms with Gasteiger partial charge in [0.25, 0.3) is 0 Å². The summed E-state index contributed by atoms with van der Waals surface area (Å²) in [6.45, 7) is 9.68. The van der Waals surface area contributed by atoms with E-state index in [9.17, 15) is 4.57 Å². The van der Waals surface area contributed by atoms with Crippen molar-refractivity contribution in [2.24, 2.45) is 0 Å². The summed E-state index contributed by atoms with van der Waals surface area (Å²) in [7, 11) is -2.47. The maximum atomic E-state index is 12.7. The minimum Gasteiger partial charge on any atom is -0.314 e. The Morgan fingerprint density at radius 2 is 1.71 bits per heavy atom. The van der Waals surface area contributed by atoms with Crippen molar-refractivity contribution in [2.45, 2.75) is 25.9 Å². The van der Waals surface area contributed by atoms with Crippen LogP contribution in [0.5, 0.6) is 0 Å². The van der Waals surface area contributed by atoms with Gasteiger partial charge in [-0.2, -0.15) is 0 Å². The van der Waals surface area contributed by atoms with Crippen LogP contribution in [0.2, 0.25) is 0 Å². The van der Waals surface area contributed by atoms with E-state index >= 15 is 0 Å². The molecule has 0 aliphatic heterocycles. The molecule has 1 atom stereocenters. The zero-order valence-corrected chi connectivity index (χ0v) is 9.92. The van der Waals surface area contributed by atoms with Gasteiger partial charge < -0.3 is 4.57 Å². The number of benzene rings is 1. The summed E-state index contributed by atoms with van der Waals surface area (Å²) >= 11 is 0. The number of hydrogen-bond donors (Lipinski definition) is 0. The van der Waals surface area contributed by atoms with Crippen LogP contribution in [0.3, 0.4) is 0 Å². The predicted molar refractivity (Wildman–Crippen MR) is 63.6 cm³/mol. The van der Waals surface area contributed by atoms with Crippen LogP contribution in [0.4, 0.5) is 0 Å². The van der Waals surface area contributed by atoms with E-state index < -0.39 is 7.14 Å². The normalized spacial score (nSPS) is 15.9. The van der Waals surface area contributed by atoms with Crippen molar-refractivity contribution < 1.29 is 4.57 Å². The molecule has 76 valence electrons. The van der Waals surface area contributed by atoms with Crippen LogP contribution < -0.4 is 5.30 Å². The standard InChI is InChI=1S/C12H17OP/c1-5-14(13,12(2,3)4)11-9-7-6-8-10-11/h5-10H,1H2,2-4H3/t14-/m0/s1. The highest BCUT2D eigenvalue weighted by atomic mass is 31.2. The van der Waals surface area contributed by atoms with Crippen LogP contribution in [0.1, 0.15) is 20.8 Å². The SMILES string of the molecule is C=C[P@](=O)(c1ccccc1)C(C)(C)C. The fourth-order valence-electron chi connectivity index (χ4n) is 1.42. The van der Waals surface area contributed by atoms with Crippen LogP contribution in [-0.4, -0.2) is 5.16 Å². The van der Waals surface area contributed by atoms with Crippen molar-refractivity contribution >= 4 is 12.4 Å². The van der Waals surface area contributed by atoms with E-state index in [1.807, 2.05) is 51.1 Å². The van der Waals surface area contributed by atoms with Crippen LogP contribution in [0.15, 0.2) is 42.7 Å². The van der Waals surface area contributed by atoms with Gasteiger partial charge in [0.05, 0.1) is 0 Å². The van der Waals surface area contributed by atoms with E-state index in [4.69, 9.17) is 0 Å². The third kappa shape index (κ3) is 1.83. The first-order valence-corrected chi connectivity index (χ1v) is 6.48. The summed E-state index contributed by atoms with van der Waals surface area (Å²) in [5.41, 5.74) is 0. The molecule has 0 spiro atoms. The van der Waals surface area contributed by atoms with Gasteiger partial charge in [0.2, 0.25) is 0 Å². The Balaban J connectivity index is 3.30. The summed E-state index contributed by atoms with van der Waals surface area (Å²) < 4.78 is 12.7. The fourth-order valence-corrected chi connectivity index (χ4v) is 3.56. The van der Waals surface area contributed by atoms with E-state index in [-0.39, 0.29) is 5.16 Å². The van der Waals surface area contributed by atoms with E-state index in [1.165, 1.54) is 0 Å². The highest BCUT2D eigenvalue weighted by molar-refractivity contribution is 7.75. The minimum atomic E-state index is -2.47. The van der Waals surface area contributed by atoms with Crippen molar-refractivity contribution in [3.8, 4) is 0 Å². The minimum absolute atomic E-state index is 0.254. The first-order chi connectivity index (χ1) is 6.42. The lowest BCUT2D eigenvalue weighted by Crippen LogP contribution is -2.21. The third-order valence-electron chi connectivity index (χ3n) is 2.39. The maximum Gasteiger partial charge on any atom is 0.140 e. The molecule has 1 aromatic carbocycles. The lowest BCUT2D eigenvalue weighted by Gasteiger charge is -2.28. The molecule has 0 aromatic heterocycles. The van der Waals surface area contributed by atoms with Gasteiger partial charge in [-0.3, -0.25) is 0 Å². The average Bonchev–Trinajstić information content (AvgIpc) is 2.16. The zero-order chi connectivity index (χ0) is 10.8. The van der Waals surface area contributed by atoms with E-state index in [2.05, 4.69) is 6.58 Å². The Labute approximate surface area is 86.2 Å². The average molecular weight is 208 g/mol. The number of rotatable bonds is 2. The molecular formula is C12H17OP. The summed E-state index contributed by atoms with van der Waals surface area (Å²) in [5, 5.41) is 0.637. The van der Waals surface area contributed by atoms with Gasteiger partial charge in [0, 0.05) is 10.5 Å². The Bertz CT molecular complexity index is 360. The topological polar surface area (TPSA) is 17.1 Å². The van der Waals surface area contributed by atoms with Gasteiger partial charge in [-0.25, -0.2) is 0 Å². The maximum absolute atomic E-state index is 12.7. The molecule has 1 rings (SSSR count). The molecule has 0 heterocycles. The van der Waals surface area contributed by atoms with E-state index in [0.717, 1.165) is 5.30 Å². The van der Waals surface area contributed by atoms with Crippen molar-refractivity contribution in [3.05, 3.63) is 42.7 Å². The van der Waals surface area contributed by atoms with Crippen molar-refractivity contribution in [1.29, 1.82) is 0 Å². The van der Waals surface area contributed by atoms with Gasteiger partial charge in [-0.15, -0.1) is 0 Å². The Morgan fingerprint density at radius 3 is 2.07 bits per heavy atom. The molecule has 1 aromatic rings. The second-order valence-corrected chi connectivity index (χ2v) is 7.89. The van der Waals surface area contributed by atoms with Gasteiger partial charge >= 0.3 is 0 Å². The van der Waals surface area contributed by atoms with Crippen LogP contribution in [0, 0.1) is 0 Å². The van der Waals surface area contributed by atoms with Crippen LogP contribution in [0.25, 0.3) is 0 Å². The van der Waals surface area contributed by atoms with Crippen LogP contribution >= 0.6 is 7.14 Å². The molecule has 14 heavy (non-hydrogen) atoms. The second-order valence-electron chi connectivity index (χ2n) is 4.35. The monoisotopic (exact) mass is 208 g/mol. The van der Waals surface area contributed by atoms with Gasteiger partial charge in [-0.05, 0) is 5.82 Å². The molecule has 0 N–H and O–H groups in total. The molecule has 0 aliphatic carbocycles. The van der Waals surface area contributed by atoms with Crippen molar-refractivity contribution in [2.75, 3.05) is 0 Å². The zero-order valence-electron chi connectivity index (χ0n) is 9.03. The fraction of sp³-hybridized carbons (Fsp3) is 0.333. The summed E-state index contributed by atoms with van der Waals surface area (Å²) in [6, 6.07) is 9.58. The molecule has 0 fully saturated rings.